The molecule has 0 aromatic carbocycles. The van der Waals surface area contributed by atoms with Crippen LogP contribution in [0.5, 0.6) is 0 Å². The summed E-state index contributed by atoms with van der Waals surface area (Å²) in [5.41, 5.74) is 0. The Morgan fingerprint density at radius 1 is 1.50 bits per heavy atom. The first-order valence-corrected chi connectivity index (χ1v) is 6.95. The number of piperidine rings is 1. The average Bonchev–Trinajstić information content (AvgIpc) is 3.12. The first kappa shape index (κ1) is 13.6. The summed E-state index contributed by atoms with van der Waals surface area (Å²) in [5, 5.41) is 12.7. The number of rotatable bonds is 4. The lowest BCUT2D eigenvalue weighted by atomic mass is 9.90. The van der Waals surface area contributed by atoms with E-state index in [0.29, 0.717) is 12.6 Å². The molecule has 0 bridgehead atoms. The summed E-state index contributed by atoms with van der Waals surface area (Å²) in [7, 11) is 0. The molecule has 0 radical (unpaired) electrons. The van der Waals surface area contributed by atoms with Crippen molar-refractivity contribution in [2.45, 2.75) is 51.3 Å². The van der Waals surface area contributed by atoms with Gasteiger partial charge in [-0.1, -0.05) is 0 Å². The molecular weight excluding hydrogens is 232 g/mol. The van der Waals surface area contributed by atoms with Gasteiger partial charge in [-0.2, -0.15) is 0 Å². The lowest BCUT2D eigenvalue weighted by molar-refractivity contribution is 0.0431. The van der Waals surface area contributed by atoms with E-state index in [0.717, 1.165) is 19.5 Å². The highest BCUT2D eigenvalue weighted by Gasteiger charge is 2.37. The summed E-state index contributed by atoms with van der Waals surface area (Å²) in [4.78, 5) is 13.9. The van der Waals surface area contributed by atoms with E-state index >= 15 is 0 Å². The standard InChI is InChI=1S/C13H24N2O3/c1-3-18-13(17)14-11-6-10(9(2)16)7-15(8-11)12-4-5-12/h9-12,16H,3-8H2,1-2H3,(H,14,17). The Kier molecular flexibility index (Phi) is 4.45. The second-order valence-electron chi connectivity index (χ2n) is 5.48. The van der Waals surface area contributed by atoms with Crippen LogP contribution < -0.4 is 5.32 Å². The Balaban J connectivity index is 1.89. The Bertz CT molecular complexity index is 282. The van der Waals surface area contributed by atoms with E-state index in [1.807, 2.05) is 6.92 Å². The first-order valence-electron chi connectivity index (χ1n) is 6.95. The second-order valence-corrected chi connectivity index (χ2v) is 5.48. The number of hydrogen-bond acceptors (Lipinski definition) is 4. The van der Waals surface area contributed by atoms with E-state index in [9.17, 15) is 9.90 Å². The number of aliphatic hydroxyl groups is 1. The van der Waals surface area contributed by atoms with Gasteiger partial charge in [-0.3, -0.25) is 4.90 Å². The van der Waals surface area contributed by atoms with Crippen LogP contribution in [-0.2, 0) is 4.74 Å². The molecule has 0 spiro atoms. The molecule has 0 aromatic rings. The summed E-state index contributed by atoms with van der Waals surface area (Å²) in [5.74, 6) is 0.242. The van der Waals surface area contributed by atoms with Gasteiger partial charge in [-0.05, 0) is 39.0 Å². The largest absolute Gasteiger partial charge is 0.450 e. The summed E-state index contributed by atoms with van der Waals surface area (Å²) >= 11 is 0. The third-order valence-corrected chi connectivity index (χ3v) is 3.85. The van der Waals surface area contributed by atoms with Crippen LogP contribution in [0.15, 0.2) is 0 Å². The highest BCUT2D eigenvalue weighted by molar-refractivity contribution is 5.67. The smallest absolute Gasteiger partial charge is 0.407 e. The predicted octanol–water partition coefficient (Wildman–Crippen LogP) is 0.966. The number of alkyl carbamates (subject to hydrolysis) is 1. The van der Waals surface area contributed by atoms with Crippen LogP contribution in [0.4, 0.5) is 4.79 Å². The monoisotopic (exact) mass is 256 g/mol. The number of hydrogen-bond donors (Lipinski definition) is 2. The number of nitrogens with one attached hydrogen (secondary N) is 1. The molecule has 1 aliphatic carbocycles. The van der Waals surface area contributed by atoms with Crippen molar-refractivity contribution in [1.29, 1.82) is 0 Å². The third kappa shape index (κ3) is 3.59. The lowest BCUT2D eigenvalue weighted by Gasteiger charge is -2.39. The Morgan fingerprint density at radius 3 is 2.78 bits per heavy atom. The van der Waals surface area contributed by atoms with Gasteiger partial charge < -0.3 is 15.2 Å². The van der Waals surface area contributed by atoms with Crippen LogP contribution in [-0.4, -0.2) is 54.0 Å². The number of amides is 1. The van der Waals surface area contributed by atoms with Crippen LogP contribution in [0.1, 0.15) is 33.1 Å². The van der Waals surface area contributed by atoms with Crippen molar-refractivity contribution < 1.29 is 14.6 Å². The zero-order chi connectivity index (χ0) is 13.1. The molecule has 1 amide bonds. The van der Waals surface area contributed by atoms with Gasteiger partial charge in [0.05, 0.1) is 12.7 Å². The van der Waals surface area contributed by atoms with Gasteiger partial charge in [-0.25, -0.2) is 4.79 Å². The van der Waals surface area contributed by atoms with E-state index in [1.165, 1.54) is 12.8 Å². The van der Waals surface area contributed by atoms with Crippen molar-refractivity contribution in [3.63, 3.8) is 0 Å². The van der Waals surface area contributed by atoms with Gasteiger partial charge in [0, 0.05) is 25.2 Å². The molecule has 3 unspecified atom stereocenters. The molecule has 1 saturated heterocycles. The van der Waals surface area contributed by atoms with Gasteiger partial charge in [-0.15, -0.1) is 0 Å². The number of carbonyl (C=O) groups is 1. The van der Waals surface area contributed by atoms with Crippen LogP contribution in [0.2, 0.25) is 0 Å². The molecule has 2 rings (SSSR count). The van der Waals surface area contributed by atoms with Gasteiger partial charge >= 0.3 is 6.09 Å². The molecule has 2 aliphatic rings. The number of aliphatic hydroxyl groups excluding tert-OH is 1. The number of nitrogens with zero attached hydrogens (tertiary/aromatic N) is 1. The van der Waals surface area contributed by atoms with Crippen LogP contribution in [0.3, 0.4) is 0 Å². The molecule has 18 heavy (non-hydrogen) atoms. The normalized spacial score (nSPS) is 30.8. The highest BCUT2D eigenvalue weighted by atomic mass is 16.5. The molecule has 1 saturated carbocycles. The molecule has 2 fully saturated rings. The minimum absolute atomic E-state index is 0.0954. The van der Waals surface area contributed by atoms with Gasteiger partial charge in [0.2, 0.25) is 0 Å². The average molecular weight is 256 g/mol. The zero-order valence-electron chi connectivity index (χ0n) is 11.3. The van der Waals surface area contributed by atoms with E-state index in [2.05, 4.69) is 10.2 Å². The van der Waals surface area contributed by atoms with E-state index in [-0.39, 0.29) is 24.2 Å². The number of carbonyl (C=O) groups excluding carboxylic acids is 1. The predicted molar refractivity (Wildman–Crippen MR) is 68.3 cm³/mol. The van der Waals surface area contributed by atoms with Gasteiger partial charge in [0.1, 0.15) is 0 Å². The van der Waals surface area contributed by atoms with Gasteiger partial charge in [0.25, 0.3) is 0 Å². The van der Waals surface area contributed by atoms with Gasteiger partial charge in [0.15, 0.2) is 0 Å². The van der Waals surface area contributed by atoms with Crippen molar-refractivity contribution >= 4 is 6.09 Å². The molecule has 3 atom stereocenters. The maximum atomic E-state index is 11.5. The lowest BCUT2D eigenvalue weighted by Crippen LogP contribution is -2.53. The maximum absolute atomic E-state index is 11.5. The second kappa shape index (κ2) is 5.89. The van der Waals surface area contributed by atoms with Crippen molar-refractivity contribution in [2.75, 3.05) is 19.7 Å². The maximum Gasteiger partial charge on any atom is 0.407 e. The third-order valence-electron chi connectivity index (χ3n) is 3.85. The van der Waals surface area contributed by atoms with Crippen molar-refractivity contribution in [1.82, 2.24) is 10.2 Å². The molecule has 104 valence electrons. The fourth-order valence-electron chi connectivity index (χ4n) is 2.70. The summed E-state index contributed by atoms with van der Waals surface area (Å²) in [6.45, 7) is 5.86. The van der Waals surface area contributed by atoms with Crippen LogP contribution in [0, 0.1) is 5.92 Å². The van der Waals surface area contributed by atoms with Crippen molar-refractivity contribution in [2.24, 2.45) is 5.92 Å². The molecule has 1 aliphatic heterocycles. The Labute approximate surface area is 108 Å². The van der Waals surface area contributed by atoms with E-state index < -0.39 is 0 Å². The molecule has 1 heterocycles. The zero-order valence-corrected chi connectivity index (χ0v) is 11.3. The van der Waals surface area contributed by atoms with E-state index in [4.69, 9.17) is 4.74 Å². The molecular formula is C13H24N2O3. The highest BCUT2D eigenvalue weighted by Crippen LogP contribution is 2.32. The Hall–Kier alpha value is -0.810. The van der Waals surface area contributed by atoms with Crippen molar-refractivity contribution in [3.8, 4) is 0 Å². The summed E-state index contributed by atoms with van der Waals surface area (Å²) < 4.78 is 4.92. The minimum Gasteiger partial charge on any atom is -0.450 e. The van der Waals surface area contributed by atoms with E-state index in [1.54, 1.807) is 6.92 Å². The van der Waals surface area contributed by atoms with Crippen LogP contribution in [0.25, 0.3) is 0 Å². The SMILES string of the molecule is CCOC(=O)NC1CC(C(C)O)CN(C2CC2)C1. The first-order chi connectivity index (χ1) is 8.60. The summed E-state index contributed by atoms with van der Waals surface area (Å²) in [6.07, 6.45) is 2.67. The topological polar surface area (TPSA) is 61.8 Å². The molecule has 2 N–H and O–H groups in total. The van der Waals surface area contributed by atoms with Crippen molar-refractivity contribution in [3.05, 3.63) is 0 Å². The molecule has 5 nitrogen and oxygen atoms in total. The fraction of sp³-hybridized carbons (Fsp3) is 0.923. The fourth-order valence-corrected chi connectivity index (χ4v) is 2.70. The minimum atomic E-state index is -0.343. The Morgan fingerprint density at radius 2 is 2.22 bits per heavy atom. The number of ether oxygens (including phenoxy) is 1. The number of likely N-dealkylation sites (tertiary alicyclic amines) is 1. The molecule has 0 aromatic heterocycles. The summed E-state index contributed by atoms with van der Waals surface area (Å²) in [6, 6.07) is 0.760. The molecule has 5 heteroatoms. The van der Waals surface area contributed by atoms with Crippen LogP contribution >= 0.6 is 0 Å². The quantitative estimate of drug-likeness (QED) is 0.786.